The van der Waals surface area contributed by atoms with Gasteiger partial charge in [0.2, 0.25) is 0 Å². The number of benzene rings is 2. The third-order valence-corrected chi connectivity index (χ3v) is 6.16. The molecule has 0 spiro atoms. The Labute approximate surface area is 198 Å². The molecule has 6 nitrogen and oxygen atoms in total. The molecule has 0 bridgehead atoms. The number of anilines is 2. The van der Waals surface area contributed by atoms with E-state index in [1.807, 2.05) is 30.3 Å². The third-order valence-electron chi connectivity index (χ3n) is 6.16. The number of nitrogens with zero attached hydrogens (tertiary/aromatic N) is 3. The Bertz CT molecular complexity index is 912. The molecular weight excluding hydrogens is 414 g/mol. The average Bonchev–Trinajstić information content (AvgIpc) is 2.83. The van der Waals surface area contributed by atoms with E-state index in [1.165, 1.54) is 24.9 Å². The van der Waals surface area contributed by atoms with Crippen molar-refractivity contribution in [2.75, 3.05) is 49.1 Å². The summed E-state index contributed by atoms with van der Waals surface area (Å²) in [5.74, 6) is 0.906. The molecule has 2 saturated heterocycles. The van der Waals surface area contributed by atoms with Crippen molar-refractivity contribution in [3.05, 3.63) is 54.1 Å². The van der Waals surface area contributed by atoms with Crippen LogP contribution in [-0.4, -0.2) is 55.9 Å². The van der Waals surface area contributed by atoms with Crippen LogP contribution in [-0.2, 0) is 11.3 Å². The molecule has 0 radical (unpaired) electrons. The first kappa shape index (κ1) is 23.3. The molecular formula is C27H37N3O3. The number of rotatable bonds is 5. The second-order valence-electron chi connectivity index (χ2n) is 9.93. The Morgan fingerprint density at radius 3 is 2.21 bits per heavy atom. The second kappa shape index (κ2) is 10.4. The largest absolute Gasteiger partial charge is 0.486 e. The summed E-state index contributed by atoms with van der Waals surface area (Å²) in [5.41, 5.74) is 3.11. The van der Waals surface area contributed by atoms with Crippen LogP contribution in [0.3, 0.4) is 0 Å². The van der Waals surface area contributed by atoms with Gasteiger partial charge in [0.05, 0.1) is 5.69 Å². The molecule has 2 fully saturated rings. The van der Waals surface area contributed by atoms with E-state index in [0.29, 0.717) is 19.7 Å². The highest BCUT2D eigenvalue weighted by molar-refractivity contribution is 5.70. The van der Waals surface area contributed by atoms with E-state index in [4.69, 9.17) is 9.47 Å². The summed E-state index contributed by atoms with van der Waals surface area (Å²) in [6, 6.07) is 16.4. The van der Waals surface area contributed by atoms with Crippen molar-refractivity contribution >= 4 is 17.5 Å². The lowest BCUT2D eigenvalue weighted by atomic mass is 10.1. The van der Waals surface area contributed by atoms with E-state index in [0.717, 1.165) is 43.2 Å². The van der Waals surface area contributed by atoms with Crippen LogP contribution in [0, 0.1) is 0 Å². The van der Waals surface area contributed by atoms with Crippen molar-refractivity contribution in [3.63, 3.8) is 0 Å². The van der Waals surface area contributed by atoms with Gasteiger partial charge in [-0.15, -0.1) is 0 Å². The summed E-state index contributed by atoms with van der Waals surface area (Å²) in [6.07, 6.45) is 3.57. The Kier molecular flexibility index (Phi) is 7.31. The fourth-order valence-electron chi connectivity index (χ4n) is 4.46. The second-order valence-corrected chi connectivity index (χ2v) is 9.93. The molecule has 0 atom stereocenters. The summed E-state index contributed by atoms with van der Waals surface area (Å²) in [5, 5.41) is 0. The van der Waals surface area contributed by atoms with E-state index in [9.17, 15) is 4.79 Å². The Morgan fingerprint density at radius 2 is 1.55 bits per heavy atom. The van der Waals surface area contributed by atoms with Crippen molar-refractivity contribution in [3.8, 4) is 5.75 Å². The first-order chi connectivity index (χ1) is 15.9. The maximum atomic E-state index is 12.6. The zero-order valence-electron chi connectivity index (χ0n) is 20.3. The molecule has 2 heterocycles. The molecule has 0 unspecified atom stereocenters. The monoisotopic (exact) mass is 451 g/mol. The van der Waals surface area contributed by atoms with Gasteiger partial charge in [-0.1, -0.05) is 30.3 Å². The van der Waals surface area contributed by atoms with Gasteiger partial charge in [-0.05, 0) is 63.8 Å². The topological polar surface area (TPSA) is 45.2 Å². The van der Waals surface area contributed by atoms with Gasteiger partial charge in [-0.25, -0.2) is 4.79 Å². The molecule has 2 aromatic rings. The zero-order valence-corrected chi connectivity index (χ0v) is 20.3. The molecule has 0 aromatic heterocycles. The molecule has 0 N–H and O–H groups in total. The van der Waals surface area contributed by atoms with Crippen molar-refractivity contribution in [2.45, 2.75) is 52.2 Å². The Balaban J connectivity index is 1.42. The molecule has 178 valence electrons. The number of hydrogen-bond donors (Lipinski definition) is 0. The normalized spacial score (nSPS) is 17.1. The van der Waals surface area contributed by atoms with Crippen LogP contribution in [0.4, 0.5) is 16.2 Å². The molecule has 2 aliphatic rings. The van der Waals surface area contributed by atoms with Gasteiger partial charge in [0.25, 0.3) is 0 Å². The van der Waals surface area contributed by atoms with E-state index in [2.05, 4.69) is 48.8 Å². The summed E-state index contributed by atoms with van der Waals surface area (Å²) in [6.45, 7) is 11.5. The van der Waals surface area contributed by atoms with Crippen molar-refractivity contribution in [2.24, 2.45) is 0 Å². The van der Waals surface area contributed by atoms with Gasteiger partial charge in [0.1, 0.15) is 18.0 Å². The van der Waals surface area contributed by atoms with Crippen LogP contribution in [0.1, 0.15) is 45.6 Å². The van der Waals surface area contributed by atoms with E-state index in [1.54, 1.807) is 4.90 Å². The van der Waals surface area contributed by atoms with Crippen LogP contribution in [0.2, 0.25) is 0 Å². The molecule has 0 aliphatic carbocycles. The molecule has 33 heavy (non-hydrogen) atoms. The number of hydrogen-bond acceptors (Lipinski definition) is 5. The van der Waals surface area contributed by atoms with Gasteiger partial charge in [-0.2, -0.15) is 0 Å². The lowest BCUT2D eigenvalue weighted by Crippen LogP contribution is -2.49. The number of carbonyl (C=O) groups excluding carboxylic acids is 1. The number of ether oxygens (including phenoxy) is 2. The number of carbonyl (C=O) groups is 1. The van der Waals surface area contributed by atoms with Gasteiger partial charge >= 0.3 is 6.09 Å². The summed E-state index contributed by atoms with van der Waals surface area (Å²) in [4.78, 5) is 19.2. The van der Waals surface area contributed by atoms with Crippen LogP contribution in [0.5, 0.6) is 5.75 Å². The fourth-order valence-corrected chi connectivity index (χ4v) is 4.46. The molecule has 1 amide bonds. The van der Waals surface area contributed by atoms with Crippen LogP contribution >= 0.6 is 0 Å². The number of piperidine rings is 1. The van der Waals surface area contributed by atoms with Crippen LogP contribution in [0.25, 0.3) is 0 Å². The quantitative estimate of drug-likeness (QED) is 0.616. The van der Waals surface area contributed by atoms with Crippen molar-refractivity contribution in [1.82, 2.24) is 4.90 Å². The number of piperazine rings is 1. The van der Waals surface area contributed by atoms with Gasteiger partial charge in [0.15, 0.2) is 0 Å². The first-order valence-corrected chi connectivity index (χ1v) is 12.2. The van der Waals surface area contributed by atoms with Crippen molar-refractivity contribution < 1.29 is 14.3 Å². The standard InChI is InChI=1S/C27H37N3O3/c1-27(2,3)33-25-13-12-23(28-14-8-5-9-15-28)20-24(25)29-16-18-30(19-17-29)26(31)32-21-22-10-6-4-7-11-22/h4,6-7,10-13,20H,5,8-9,14-19,21H2,1-3H3. The third kappa shape index (κ3) is 6.34. The Hall–Kier alpha value is -2.89. The van der Waals surface area contributed by atoms with E-state index in [-0.39, 0.29) is 11.7 Å². The first-order valence-electron chi connectivity index (χ1n) is 12.2. The lowest BCUT2D eigenvalue weighted by molar-refractivity contribution is 0.0940. The van der Waals surface area contributed by atoms with E-state index >= 15 is 0 Å². The highest BCUT2D eigenvalue weighted by Crippen LogP contribution is 2.36. The van der Waals surface area contributed by atoms with Gasteiger partial charge < -0.3 is 24.2 Å². The summed E-state index contributed by atoms with van der Waals surface area (Å²) >= 11 is 0. The molecule has 0 saturated carbocycles. The Morgan fingerprint density at radius 1 is 0.848 bits per heavy atom. The maximum Gasteiger partial charge on any atom is 0.410 e. The highest BCUT2D eigenvalue weighted by atomic mass is 16.6. The minimum absolute atomic E-state index is 0.244. The minimum Gasteiger partial charge on any atom is -0.486 e. The molecule has 6 heteroatoms. The zero-order chi connectivity index (χ0) is 23.3. The molecule has 2 aromatic carbocycles. The van der Waals surface area contributed by atoms with Crippen LogP contribution < -0.4 is 14.5 Å². The summed E-state index contributed by atoms with van der Waals surface area (Å²) < 4.78 is 11.9. The van der Waals surface area contributed by atoms with Crippen LogP contribution in [0.15, 0.2) is 48.5 Å². The lowest BCUT2D eigenvalue weighted by Gasteiger charge is -2.38. The fraction of sp³-hybridized carbons (Fsp3) is 0.519. The van der Waals surface area contributed by atoms with Crippen molar-refractivity contribution in [1.29, 1.82) is 0 Å². The maximum absolute atomic E-state index is 12.6. The molecule has 2 aliphatic heterocycles. The predicted molar refractivity (Wildman–Crippen MR) is 133 cm³/mol. The number of amides is 1. The summed E-state index contributed by atoms with van der Waals surface area (Å²) in [7, 11) is 0. The minimum atomic E-state index is -0.273. The SMILES string of the molecule is CC(C)(C)Oc1ccc(N2CCCCC2)cc1N1CCN(C(=O)OCc2ccccc2)CC1. The highest BCUT2D eigenvalue weighted by Gasteiger charge is 2.26. The smallest absolute Gasteiger partial charge is 0.410 e. The van der Waals surface area contributed by atoms with Gasteiger partial charge in [-0.3, -0.25) is 0 Å². The molecule has 4 rings (SSSR count). The van der Waals surface area contributed by atoms with E-state index < -0.39 is 0 Å². The average molecular weight is 452 g/mol. The van der Waals surface area contributed by atoms with Gasteiger partial charge in [0, 0.05) is 45.0 Å². The predicted octanol–water partition coefficient (Wildman–Crippen LogP) is 5.31.